The van der Waals surface area contributed by atoms with Crippen LogP contribution >= 0.6 is 11.6 Å². The molecule has 0 radical (unpaired) electrons. The maximum Gasteiger partial charge on any atom is 0.243 e. The van der Waals surface area contributed by atoms with Crippen molar-refractivity contribution in [2.45, 2.75) is 31.2 Å². The minimum Gasteiger partial charge on any atom is -0.352 e. The standard InChI is InChI=1S/C20H22ClN7O2S/c1-13(2)22-19-25-18(16-8-4-9-17(21)24-16)26-20(27-19)23-14-6-3-7-15(12-14)31(29,30)28-10-5-11-28/h3-4,6-9,12-13H,5,10-11H2,1-2H3,(H2,22,23,25,26,27). The lowest BCUT2D eigenvalue weighted by Crippen LogP contribution is -2.41. The molecule has 162 valence electrons. The summed E-state index contributed by atoms with van der Waals surface area (Å²) in [6.45, 7) is 5.04. The summed E-state index contributed by atoms with van der Waals surface area (Å²) < 4.78 is 26.8. The number of pyridine rings is 1. The first-order valence-electron chi connectivity index (χ1n) is 9.84. The number of hydrogen-bond donors (Lipinski definition) is 2. The highest BCUT2D eigenvalue weighted by Gasteiger charge is 2.29. The van der Waals surface area contributed by atoms with E-state index < -0.39 is 10.0 Å². The van der Waals surface area contributed by atoms with Crippen molar-refractivity contribution in [1.29, 1.82) is 0 Å². The molecule has 0 spiro atoms. The van der Waals surface area contributed by atoms with Crippen LogP contribution in [0.15, 0.2) is 47.4 Å². The summed E-state index contributed by atoms with van der Waals surface area (Å²) in [5, 5.41) is 6.57. The predicted octanol–water partition coefficient (Wildman–Crippen LogP) is 3.55. The normalized spacial score (nSPS) is 14.3. The molecule has 0 saturated carbocycles. The molecule has 1 aromatic carbocycles. The van der Waals surface area contributed by atoms with Crippen LogP contribution in [0.5, 0.6) is 0 Å². The Balaban J connectivity index is 1.68. The molecule has 1 fully saturated rings. The quantitative estimate of drug-likeness (QED) is 0.516. The highest BCUT2D eigenvalue weighted by molar-refractivity contribution is 7.89. The maximum absolute atomic E-state index is 12.7. The van der Waals surface area contributed by atoms with Gasteiger partial charge in [0.15, 0.2) is 5.82 Å². The second-order valence-electron chi connectivity index (χ2n) is 7.36. The molecular formula is C20H22ClN7O2S. The molecule has 9 nitrogen and oxygen atoms in total. The average molecular weight is 460 g/mol. The SMILES string of the molecule is CC(C)Nc1nc(Nc2cccc(S(=O)(=O)N3CCC3)c2)nc(-c2cccc(Cl)n2)n1. The highest BCUT2D eigenvalue weighted by Crippen LogP contribution is 2.25. The third kappa shape index (κ3) is 4.92. The first kappa shape index (κ1) is 21.4. The molecule has 31 heavy (non-hydrogen) atoms. The monoisotopic (exact) mass is 459 g/mol. The van der Waals surface area contributed by atoms with Gasteiger partial charge in [-0.05, 0) is 50.6 Å². The lowest BCUT2D eigenvalue weighted by molar-refractivity contribution is 0.309. The number of halogens is 1. The van der Waals surface area contributed by atoms with E-state index in [-0.39, 0.29) is 16.9 Å². The molecule has 1 aliphatic rings. The Morgan fingerprint density at radius 3 is 2.42 bits per heavy atom. The molecule has 0 atom stereocenters. The minimum absolute atomic E-state index is 0.0976. The molecule has 1 aliphatic heterocycles. The zero-order valence-electron chi connectivity index (χ0n) is 17.1. The fourth-order valence-electron chi connectivity index (χ4n) is 2.94. The molecule has 0 amide bonds. The Bertz CT molecular complexity index is 1200. The van der Waals surface area contributed by atoms with Crippen molar-refractivity contribution < 1.29 is 8.42 Å². The fraction of sp³-hybridized carbons (Fsp3) is 0.300. The third-order valence-electron chi connectivity index (χ3n) is 4.54. The Morgan fingerprint density at radius 2 is 1.74 bits per heavy atom. The van der Waals surface area contributed by atoms with Gasteiger partial charge in [-0.3, -0.25) is 0 Å². The summed E-state index contributed by atoms with van der Waals surface area (Å²) in [4.78, 5) is 17.8. The van der Waals surface area contributed by atoms with E-state index in [9.17, 15) is 8.42 Å². The summed E-state index contributed by atoms with van der Waals surface area (Å²) >= 11 is 6.02. The second kappa shape index (κ2) is 8.74. The Labute approximate surface area is 186 Å². The first-order chi connectivity index (χ1) is 14.8. The largest absolute Gasteiger partial charge is 0.352 e. The third-order valence-corrected chi connectivity index (χ3v) is 6.65. The number of aromatic nitrogens is 4. The van der Waals surface area contributed by atoms with Crippen LogP contribution in [0.2, 0.25) is 5.15 Å². The smallest absolute Gasteiger partial charge is 0.243 e. The molecule has 11 heteroatoms. The van der Waals surface area contributed by atoms with Crippen molar-refractivity contribution in [3.8, 4) is 11.5 Å². The van der Waals surface area contributed by atoms with Crippen LogP contribution in [0.1, 0.15) is 20.3 Å². The van der Waals surface area contributed by atoms with E-state index in [0.717, 1.165) is 6.42 Å². The number of nitrogens with one attached hydrogen (secondary N) is 2. The Kier molecular flexibility index (Phi) is 6.03. The van der Waals surface area contributed by atoms with Crippen LogP contribution in [-0.2, 0) is 10.0 Å². The number of rotatable bonds is 7. The van der Waals surface area contributed by atoms with Gasteiger partial charge in [0.05, 0.1) is 4.90 Å². The molecule has 0 unspecified atom stereocenters. The van der Waals surface area contributed by atoms with E-state index in [2.05, 4.69) is 30.6 Å². The van der Waals surface area contributed by atoms with E-state index in [0.29, 0.717) is 41.4 Å². The van der Waals surface area contributed by atoms with Gasteiger partial charge in [0.25, 0.3) is 0 Å². The van der Waals surface area contributed by atoms with Crippen molar-refractivity contribution >= 4 is 39.2 Å². The molecule has 4 rings (SSSR count). The van der Waals surface area contributed by atoms with Crippen LogP contribution in [0.25, 0.3) is 11.5 Å². The van der Waals surface area contributed by atoms with Gasteiger partial charge in [-0.25, -0.2) is 13.4 Å². The number of sulfonamides is 1. The van der Waals surface area contributed by atoms with Crippen LogP contribution in [0, 0.1) is 0 Å². The van der Waals surface area contributed by atoms with E-state index >= 15 is 0 Å². The predicted molar refractivity (Wildman–Crippen MR) is 120 cm³/mol. The highest BCUT2D eigenvalue weighted by atomic mass is 35.5. The average Bonchev–Trinajstić information content (AvgIpc) is 2.66. The second-order valence-corrected chi connectivity index (χ2v) is 9.69. The van der Waals surface area contributed by atoms with Gasteiger partial charge in [0, 0.05) is 24.8 Å². The first-order valence-corrected chi connectivity index (χ1v) is 11.7. The molecule has 1 saturated heterocycles. The van der Waals surface area contributed by atoms with E-state index in [1.54, 1.807) is 42.5 Å². The van der Waals surface area contributed by atoms with Gasteiger partial charge >= 0.3 is 0 Å². The van der Waals surface area contributed by atoms with Crippen LogP contribution in [0.4, 0.5) is 17.6 Å². The molecule has 2 N–H and O–H groups in total. The summed E-state index contributed by atoms with van der Waals surface area (Å²) in [6, 6.07) is 11.9. The van der Waals surface area contributed by atoms with Crippen molar-refractivity contribution in [3.63, 3.8) is 0 Å². The van der Waals surface area contributed by atoms with Gasteiger partial charge < -0.3 is 10.6 Å². The lowest BCUT2D eigenvalue weighted by Gasteiger charge is -2.29. The molecular weight excluding hydrogens is 438 g/mol. The zero-order valence-corrected chi connectivity index (χ0v) is 18.7. The minimum atomic E-state index is -3.49. The van der Waals surface area contributed by atoms with Gasteiger partial charge in [-0.15, -0.1) is 0 Å². The van der Waals surface area contributed by atoms with Crippen LogP contribution in [0.3, 0.4) is 0 Å². The zero-order chi connectivity index (χ0) is 22.0. The van der Waals surface area contributed by atoms with Crippen molar-refractivity contribution in [2.75, 3.05) is 23.7 Å². The van der Waals surface area contributed by atoms with E-state index in [1.807, 2.05) is 13.8 Å². The lowest BCUT2D eigenvalue weighted by atomic mass is 10.3. The Morgan fingerprint density at radius 1 is 1.00 bits per heavy atom. The van der Waals surface area contributed by atoms with Crippen LogP contribution < -0.4 is 10.6 Å². The summed E-state index contributed by atoms with van der Waals surface area (Å²) in [7, 11) is -3.49. The summed E-state index contributed by atoms with van der Waals surface area (Å²) in [6.07, 6.45) is 0.883. The van der Waals surface area contributed by atoms with E-state index in [1.165, 1.54) is 4.31 Å². The summed E-state index contributed by atoms with van der Waals surface area (Å²) in [5.74, 6) is 0.967. The van der Waals surface area contributed by atoms with Gasteiger partial charge in [0.2, 0.25) is 21.9 Å². The van der Waals surface area contributed by atoms with Gasteiger partial charge in [-0.2, -0.15) is 19.3 Å². The molecule has 3 heterocycles. The number of nitrogens with zero attached hydrogens (tertiary/aromatic N) is 5. The number of anilines is 3. The Hall–Kier alpha value is -2.82. The fourth-order valence-corrected chi connectivity index (χ4v) is 4.67. The van der Waals surface area contributed by atoms with Crippen molar-refractivity contribution in [2.24, 2.45) is 0 Å². The molecule has 0 bridgehead atoms. The molecule has 0 aliphatic carbocycles. The number of benzene rings is 1. The van der Waals surface area contributed by atoms with Crippen molar-refractivity contribution in [1.82, 2.24) is 24.2 Å². The number of hydrogen-bond acceptors (Lipinski definition) is 8. The van der Waals surface area contributed by atoms with E-state index in [4.69, 9.17) is 11.6 Å². The van der Waals surface area contributed by atoms with Crippen molar-refractivity contribution in [3.05, 3.63) is 47.6 Å². The van der Waals surface area contributed by atoms with Gasteiger partial charge in [-0.1, -0.05) is 23.7 Å². The van der Waals surface area contributed by atoms with Crippen LogP contribution in [-0.4, -0.2) is 51.8 Å². The molecule has 2 aromatic heterocycles. The topological polar surface area (TPSA) is 113 Å². The maximum atomic E-state index is 12.7. The summed E-state index contributed by atoms with van der Waals surface area (Å²) in [5.41, 5.74) is 1.05. The van der Waals surface area contributed by atoms with Gasteiger partial charge in [0.1, 0.15) is 10.8 Å². The molecule has 3 aromatic rings.